The van der Waals surface area contributed by atoms with E-state index in [4.69, 9.17) is 6.42 Å². The molecule has 58 valence electrons. The van der Waals surface area contributed by atoms with E-state index in [1.807, 2.05) is 0 Å². The minimum absolute atomic E-state index is 0.113. The summed E-state index contributed by atoms with van der Waals surface area (Å²) in [5, 5.41) is 0. The second kappa shape index (κ2) is 3.25. The monoisotopic (exact) mass is 149 g/mol. The highest BCUT2D eigenvalue weighted by atomic mass is 16.2. The number of hydrogen-bond donors (Lipinski definition) is 0. The molecular weight excluding hydrogens is 138 g/mol. The van der Waals surface area contributed by atoms with Crippen LogP contribution in [0, 0.1) is 18.3 Å². The van der Waals surface area contributed by atoms with E-state index < -0.39 is 0 Å². The van der Waals surface area contributed by atoms with E-state index in [1.54, 1.807) is 11.0 Å². The largest absolute Gasteiger partial charge is 0.338 e. The molecular formula is C9H11NO. The molecule has 1 heterocycles. The van der Waals surface area contributed by atoms with Crippen LogP contribution in [0.1, 0.15) is 6.42 Å². The van der Waals surface area contributed by atoms with Gasteiger partial charge in [-0.05, 0) is 0 Å². The van der Waals surface area contributed by atoms with Crippen LogP contribution in [0.4, 0.5) is 0 Å². The lowest BCUT2D eigenvalue weighted by molar-refractivity contribution is -0.127. The average molecular weight is 149 g/mol. The van der Waals surface area contributed by atoms with Gasteiger partial charge < -0.3 is 4.90 Å². The van der Waals surface area contributed by atoms with Gasteiger partial charge in [-0.25, -0.2) is 0 Å². The Kier molecular flexibility index (Phi) is 2.32. The topological polar surface area (TPSA) is 20.3 Å². The Bertz CT molecular complexity index is 214. The number of hydrogen-bond acceptors (Lipinski definition) is 1. The summed E-state index contributed by atoms with van der Waals surface area (Å²) in [7, 11) is 0. The lowest BCUT2D eigenvalue weighted by atomic mass is 10.1. The van der Waals surface area contributed by atoms with Crippen LogP contribution >= 0.6 is 0 Å². The van der Waals surface area contributed by atoms with E-state index in [0.717, 1.165) is 0 Å². The summed E-state index contributed by atoms with van der Waals surface area (Å²) in [4.78, 5) is 12.8. The summed E-state index contributed by atoms with van der Waals surface area (Å²) in [6, 6.07) is 0. The predicted octanol–water partition coefficient (Wildman–Crippen LogP) is 0.654. The molecule has 2 heteroatoms. The second-order valence-corrected chi connectivity index (χ2v) is 2.66. The molecule has 1 fully saturated rings. The summed E-state index contributed by atoms with van der Waals surface area (Å²) in [6.45, 7) is 4.88. The summed E-state index contributed by atoms with van der Waals surface area (Å²) < 4.78 is 0. The van der Waals surface area contributed by atoms with Gasteiger partial charge in [0.2, 0.25) is 5.91 Å². The van der Waals surface area contributed by atoms with Crippen molar-refractivity contribution in [1.82, 2.24) is 4.90 Å². The quantitative estimate of drug-likeness (QED) is 0.417. The Hall–Kier alpha value is -1.23. The predicted molar refractivity (Wildman–Crippen MR) is 43.7 cm³/mol. The molecule has 0 aromatic rings. The SMILES string of the molecule is C#CC1CC(=O)N(CC=C)C1. The van der Waals surface area contributed by atoms with Crippen LogP contribution in [0.25, 0.3) is 0 Å². The van der Waals surface area contributed by atoms with Crippen LogP contribution < -0.4 is 0 Å². The summed E-state index contributed by atoms with van der Waals surface area (Å²) >= 11 is 0. The highest BCUT2D eigenvalue weighted by molar-refractivity contribution is 5.79. The molecule has 1 unspecified atom stereocenters. The summed E-state index contributed by atoms with van der Waals surface area (Å²) in [5.41, 5.74) is 0. The summed E-state index contributed by atoms with van der Waals surface area (Å²) in [6.07, 6.45) is 7.42. The zero-order valence-corrected chi connectivity index (χ0v) is 6.42. The molecule has 0 aliphatic carbocycles. The molecule has 1 rings (SSSR count). The van der Waals surface area contributed by atoms with Crippen LogP contribution in [0.15, 0.2) is 12.7 Å². The molecule has 1 atom stereocenters. The first-order valence-electron chi connectivity index (χ1n) is 3.62. The van der Waals surface area contributed by atoms with E-state index >= 15 is 0 Å². The molecule has 1 aliphatic rings. The first kappa shape index (κ1) is 7.87. The van der Waals surface area contributed by atoms with Crippen molar-refractivity contribution in [2.45, 2.75) is 6.42 Å². The Morgan fingerprint density at radius 1 is 1.91 bits per heavy atom. The molecule has 11 heavy (non-hydrogen) atoms. The van der Waals surface area contributed by atoms with Gasteiger partial charge in [-0.2, -0.15) is 0 Å². The highest BCUT2D eigenvalue weighted by Gasteiger charge is 2.26. The van der Waals surface area contributed by atoms with Crippen molar-refractivity contribution in [2.24, 2.45) is 5.92 Å². The lowest BCUT2D eigenvalue weighted by Crippen LogP contribution is -2.24. The van der Waals surface area contributed by atoms with E-state index in [9.17, 15) is 4.79 Å². The Morgan fingerprint density at radius 3 is 3.09 bits per heavy atom. The van der Waals surface area contributed by atoms with Crippen LogP contribution in [0.3, 0.4) is 0 Å². The minimum atomic E-state index is 0.113. The summed E-state index contributed by atoms with van der Waals surface area (Å²) in [5.74, 6) is 2.85. The van der Waals surface area contributed by atoms with E-state index in [2.05, 4.69) is 12.5 Å². The van der Waals surface area contributed by atoms with Crippen molar-refractivity contribution < 1.29 is 4.79 Å². The van der Waals surface area contributed by atoms with Gasteiger partial charge in [0.05, 0.1) is 0 Å². The van der Waals surface area contributed by atoms with Crippen molar-refractivity contribution in [3.05, 3.63) is 12.7 Å². The Balaban J connectivity index is 2.53. The van der Waals surface area contributed by atoms with Crippen molar-refractivity contribution >= 4 is 5.91 Å². The van der Waals surface area contributed by atoms with Crippen molar-refractivity contribution in [3.8, 4) is 12.3 Å². The molecule has 1 amide bonds. The van der Waals surface area contributed by atoms with Crippen LogP contribution in [-0.2, 0) is 4.79 Å². The molecule has 0 radical (unpaired) electrons. The number of nitrogens with zero attached hydrogens (tertiary/aromatic N) is 1. The number of rotatable bonds is 2. The van der Waals surface area contributed by atoms with Gasteiger partial charge in [-0.3, -0.25) is 4.79 Å². The second-order valence-electron chi connectivity index (χ2n) is 2.66. The molecule has 0 bridgehead atoms. The van der Waals surface area contributed by atoms with Gasteiger partial charge in [0.25, 0.3) is 0 Å². The Labute approximate surface area is 66.9 Å². The average Bonchev–Trinajstić information content (AvgIpc) is 2.33. The van der Waals surface area contributed by atoms with Gasteiger partial charge in [0.1, 0.15) is 0 Å². The highest BCUT2D eigenvalue weighted by Crippen LogP contribution is 2.15. The van der Waals surface area contributed by atoms with Crippen molar-refractivity contribution in [2.75, 3.05) is 13.1 Å². The minimum Gasteiger partial charge on any atom is -0.338 e. The Morgan fingerprint density at radius 2 is 2.64 bits per heavy atom. The molecule has 2 nitrogen and oxygen atoms in total. The fourth-order valence-electron chi connectivity index (χ4n) is 1.22. The zero-order chi connectivity index (χ0) is 8.27. The van der Waals surface area contributed by atoms with Gasteiger partial charge in [-0.1, -0.05) is 6.08 Å². The fourth-order valence-corrected chi connectivity index (χ4v) is 1.22. The maximum absolute atomic E-state index is 11.1. The van der Waals surface area contributed by atoms with E-state index in [0.29, 0.717) is 19.5 Å². The van der Waals surface area contributed by atoms with Gasteiger partial charge in [0, 0.05) is 25.4 Å². The van der Waals surface area contributed by atoms with Gasteiger partial charge >= 0.3 is 0 Å². The van der Waals surface area contributed by atoms with E-state index in [-0.39, 0.29) is 11.8 Å². The lowest BCUT2D eigenvalue weighted by Gasteiger charge is -2.11. The smallest absolute Gasteiger partial charge is 0.224 e. The third-order valence-corrected chi connectivity index (χ3v) is 1.80. The fraction of sp³-hybridized carbons (Fsp3) is 0.444. The molecule has 0 aromatic heterocycles. The van der Waals surface area contributed by atoms with E-state index in [1.165, 1.54) is 0 Å². The first-order valence-corrected chi connectivity index (χ1v) is 3.62. The van der Waals surface area contributed by atoms with Crippen LogP contribution in [0.5, 0.6) is 0 Å². The molecule has 0 spiro atoms. The van der Waals surface area contributed by atoms with Crippen LogP contribution in [-0.4, -0.2) is 23.9 Å². The van der Waals surface area contributed by atoms with Crippen molar-refractivity contribution in [1.29, 1.82) is 0 Å². The third kappa shape index (κ3) is 1.62. The number of amides is 1. The molecule has 0 saturated carbocycles. The van der Waals surface area contributed by atoms with Crippen LogP contribution in [0.2, 0.25) is 0 Å². The standard InChI is InChI=1S/C9H11NO/c1-3-5-10-7-8(4-2)6-9(10)11/h2-3,8H,1,5-7H2. The van der Waals surface area contributed by atoms with Gasteiger partial charge in [0.15, 0.2) is 0 Å². The maximum atomic E-state index is 11.1. The number of carbonyl (C=O) groups is 1. The number of carbonyl (C=O) groups excluding carboxylic acids is 1. The number of likely N-dealkylation sites (tertiary alicyclic amines) is 1. The zero-order valence-electron chi connectivity index (χ0n) is 6.42. The number of terminal acetylenes is 1. The normalized spacial score (nSPS) is 23.4. The first-order chi connectivity index (χ1) is 5.27. The molecule has 1 aliphatic heterocycles. The van der Waals surface area contributed by atoms with Crippen molar-refractivity contribution in [3.63, 3.8) is 0 Å². The maximum Gasteiger partial charge on any atom is 0.224 e. The van der Waals surface area contributed by atoms with Gasteiger partial charge in [-0.15, -0.1) is 18.9 Å². The molecule has 1 saturated heterocycles. The third-order valence-electron chi connectivity index (χ3n) is 1.80. The molecule has 0 N–H and O–H groups in total. The molecule has 0 aromatic carbocycles.